The highest BCUT2D eigenvalue weighted by atomic mass is 35.5. The van der Waals surface area contributed by atoms with Crippen LogP contribution < -0.4 is 11.1 Å². The second-order valence-electron chi connectivity index (χ2n) is 6.76. The Morgan fingerprint density at radius 3 is 2.65 bits per heavy atom. The third-order valence-corrected chi connectivity index (χ3v) is 3.72. The summed E-state index contributed by atoms with van der Waals surface area (Å²) in [6.45, 7) is 5.28. The summed E-state index contributed by atoms with van der Waals surface area (Å²) in [6, 6.07) is 9.39. The highest BCUT2D eigenvalue weighted by molar-refractivity contribution is 6.30. The summed E-state index contributed by atoms with van der Waals surface area (Å²) in [5.74, 6) is -0.284. The zero-order chi connectivity index (χ0) is 19.1. The molecular formula is C18H18ClFN4O2. The Balaban J connectivity index is 1.99. The fourth-order valence-electron chi connectivity index (χ4n) is 2.41. The number of carbonyl (C=O) groups is 1. The lowest BCUT2D eigenvalue weighted by Crippen LogP contribution is -2.27. The van der Waals surface area contributed by atoms with E-state index in [0.717, 1.165) is 4.68 Å². The van der Waals surface area contributed by atoms with Crippen LogP contribution in [0.15, 0.2) is 36.4 Å². The van der Waals surface area contributed by atoms with Crippen molar-refractivity contribution in [1.29, 1.82) is 0 Å². The third-order valence-electron chi connectivity index (χ3n) is 3.49. The van der Waals surface area contributed by atoms with Crippen molar-refractivity contribution in [1.82, 2.24) is 9.78 Å². The number of rotatable bonds is 2. The van der Waals surface area contributed by atoms with E-state index in [0.29, 0.717) is 21.6 Å². The number of nitrogens with one attached hydrogen (secondary N) is 1. The van der Waals surface area contributed by atoms with Crippen LogP contribution in [0.3, 0.4) is 0 Å². The molecule has 1 aromatic heterocycles. The Morgan fingerprint density at radius 2 is 2.00 bits per heavy atom. The average Bonchev–Trinajstić information content (AvgIpc) is 2.85. The number of fused-ring (bicyclic) bond motifs is 1. The largest absolute Gasteiger partial charge is 0.442 e. The first kappa shape index (κ1) is 18.0. The molecule has 0 spiro atoms. The van der Waals surface area contributed by atoms with Crippen LogP contribution in [0.5, 0.6) is 0 Å². The van der Waals surface area contributed by atoms with Gasteiger partial charge in [-0.15, -0.1) is 5.10 Å². The zero-order valence-electron chi connectivity index (χ0n) is 14.5. The molecule has 0 bridgehead atoms. The SMILES string of the molecule is CC(C)(C)OC(=O)n1nc(N)c2ccc(Nc3ccc(Cl)cc3F)cc21. The number of benzene rings is 2. The van der Waals surface area contributed by atoms with Gasteiger partial charge in [-0.05, 0) is 57.2 Å². The minimum Gasteiger partial charge on any atom is -0.442 e. The first-order valence-electron chi connectivity index (χ1n) is 7.88. The van der Waals surface area contributed by atoms with Crippen molar-refractivity contribution in [2.24, 2.45) is 0 Å². The lowest BCUT2D eigenvalue weighted by molar-refractivity contribution is 0.0523. The second kappa shape index (κ2) is 6.49. The topological polar surface area (TPSA) is 82.2 Å². The van der Waals surface area contributed by atoms with E-state index in [1.807, 2.05) is 0 Å². The van der Waals surface area contributed by atoms with E-state index in [1.165, 1.54) is 12.1 Å². The van der Waals surface area contributed by atoms with Crippen molar-refractivity contribution in [3.63, 3.8) is 0 Å². The van der Waals surface area contributed by atoms with Gasteiger partial charge in [0.05, 0.1) is 11.2 Å². The molecule has 0 radical (unpaired) electrons. The van der Waals surface area contributed by atoms with Gasteiger partial charge in [-0.1, -0.05) is 11.6 Å². The fourth-order valence-corrected chi connectivity index (χ4v) is 2.57. The molecule has 0 aliphatic heterocycles. The monoisotopic (exact) mass is 376 g/mol. The van der Waals surface area contributed by atoms with E-state index in [-0.39, 0.29) is 11.5 Å². The predicted molar refractivity (Wildman–Crippen MR) is 100 cm³/mol. The van der Waals surface area contributed by atoms with Crippen LogP contribution in [0.25, 0.3) is 10.9 Å². The minimum atomic E-state index is -0.674. The Bertz CT molecular complexity index is 995. The zero-order valence-corrected chi connectivity index (χ0v) is 15.3. The standard InChI is InChI=1S/C18H18ClFN4O2/c1-18(2,3)26-17(25)24-15-9-11(5-6-12(15)16(21)23-24)22-14-7-4-10(19)8-13(14)20/h4-9,22H,1-3H3,(H2,21,23). The van der Waals surface area contributed by atoms with Gasteiger partial charge >= 0.3 is 6.09 Å². The van der Waals surface area contributed by atoms with Gasteiger partial charge in [0.1, 0.15) is 11.4 Å². The fraction of sp³-hybridized carbons (Fsp3) is 0.222. The number of hydrogen-bond donors (Lipinski definition) is 2. The Labute approximate surface area is 154 Å². The van der Waals surface area contributed by atoms with E-state index < -0.39 is 17.5 Å². The number of nitrogens with two attached hydrogens (primary N) is 1. The molecule has 0 amide bonds. The van der Waals surface area contributed by atoms with Gasteiger partial charge < -0.3 is 15.8 Å². The second-order valence-corrected chi connectivity index (χ2v) is 7.19. The van der Waals surface area contributed by atoms with Crippen LogP contribution in [0.2, 0.25) is 5.02 Å². The molecule has 3 aromatic rings. The van der Waals surface area contributed by atoms with Crippen LogP contribution in [0.4, 0.5) is 26.4 Å². The van der Waals surface area contributed by atoms with Gasteiger partial charge in [-0.3, -0.25) is 0 Å². The highest BCUT2D eigenvalue weighted by Crippen LogP contribution is 2.28. The van der Waals surface area contributed by atoms with Crippen LogP contribution in [-0.2, 0) is 4.74 Å². The molecule has 26 heavy (non-hydrogen) atoms. The molecule has 3 N–H and O–H groups in total. The molecule has 0 fully saturated rings. The molecule has 6 nitrogen and oxygen atoms in total. The first-order valence-corrected chi connectivity index (χ1v) is 8.25. The summed E-state index contributed by atoms with van der Waals surface area (Å²) < 4.78 is 20.4. The van der Waals surface area contributed by atoms with Crippen molar-refractivity contribution in [2.75, 3.05) is 11.1 Å². The molecule has 3 rings (SSSR count). The molecular weight excluding hydrogens is 359 g/mol. The molecule has 2 aromatic carbocycles. The number of aromatic nitrogens is 2. The van der Waals surface area contributed by atoms with Crippen molar-refractivity contribution in [3.05, 3.63) is 47.2 Å². The van der Waals surface area contributed by atoms with E-state index in [9.17, 15) is 9.18 Å². The van der Waals surface area contributed by atoms with Crippen molar-refractivity contribution >= 4 is 45.8 Å². The van der Waals surface area contributed by atoms with Crippen molar-refractivity contribution in [2.45, 2.75) is 26.4 Å². The number of halogens is 2. The van der Waals surface area contributed by atoms with Crippen molar-refractivity contribution < 1.29 is 13.9 Å². The number of nitrogens with zero attached hydrogens (tertiary/aromatic N) is 2. The van der Waals surface area contributed by atoms with Gasteiger partial charge in [0.25, 0.3) is 0 Å². The van der Waals surface area contributed by atoms with E-state index in [1.54, 1.807) is 45.0 Å². The summed E-state index contributed by atoms with van der Waals surface area (Å²) in [5, 5.41) is 7.90. The lowest BCUT2D eigenvalue weighted by atomic mass is 10.2. The molecule has 0 saturated heterocycles. The van der Waals surface area contributed by atoms with E-state index in [2.05, 4.69) is 10.4 Å². The summed E-state index contributed by atoms with van der Waals surface area (Å²) in [7, 11) is 0. The summed E-state index contributed by atoms with van der Waals surface area (Å²) in [6.07, 6.45) is -0.644. The molecule has 0 aliphatic rings. The molecule has 0 atom stereocenters. The van der Waals surface area contributed by atoms with Gasteiger partial charge in [-0.25, -0.2) is 9.18 Å². The molecule has 8 heteroatoms. The summed E-state index contributed by atoms with van der Waals surface area (Å²) in [4.78, 5) is 12.4. The first-order chi connectivity index (χ1) is 12.1. The third kappa shape index (κ3) is 3.72. The average molecular weight is 377 g/mol. The Morgan fingerprint density at radius 1 is 1.27 bits per heavy atom. The maximum atomic E-state index is 14.0. The molecule has 136 valence electrons. The predicted octanol–water partition coefficient (Wildman–Crippen LogP) is 4.94. The number of ether oxygens (including phenoxy) is 1. The van der Waals surface area contributed by atoms with E-state index in [4.69, 9.17) is 22.1 Å². The molecule has 0 unspecified atom stereocenters. The lowest BCUT2D eigenvalue weighted by Gasteiger charge is -2.19. The van der Waals surface area contributed by atoms with Crippen LogP contribution in [-0.4, -0.2) is 21.5 Å². The van der Waals surface area contributed by atoms with Crippen LogP contribution in [0, 0.1) is 5.82 Å². The number of anilines is 3. The Kier molecular flexibility index (Phi) is 4.50. The number of hydrogen-bond acceptors (Lipinski definition) is 5. The van der Waals surface area contributed by atoms with Gasteiger partial charge in [0, 0.05) is 16.1 Å². The smallest absolute Gasteiger partial charge is 0.435 e. The van der Waals surface area contributed by atoms with Crippen LogP contribution >= 0.6 is 11.6 Å². The molecule has 1 heterocycles. The normalized spacial score (nSPS) is 11.6. The molecule has 0 saturated carbocycles. The van der Waals surface area contributed by atoms with Gasteiger partial charge in [-0.2, -0.15) is 4.68 Å². The quantitative estimate of drug-likeness (QED) is 0.662. The number of nitrogen functional groups attached to an aromatic ring is 1. The maximum absolute atomic E-state index is 14.0. The summed E-state index contributed by atoms with van der Waals surface area (Å²) >= 11 is 5.76. The van der Waals surface area contributed by atoms with Crippen LogP contribution in [0.1, 0.15) is 20.8 Å². The number of carbonyl (C=O) groups excluding carboxylic acids is 1. The highest BCUT2D eigenvalue weighted by Gasteiger charge is 2.21. The maximum Gasteiger partial charge on any atom is 0.435 e. The van der Waals surface area contributed by atoms with Gasteiger partial charge in [0.15, 0.2) is 5.82 Å². The Hall–Kier alpha value is -2.80. The van der Waals surface area contributed by atoms with Crippen molar-refractivity contribution in [3.8, 4) is 0 Å². The van der Waals surface area contributed by atoms with Gasteiger partial charge in [0.2, 0.25) is 0 Å². The summed E-state index contributed by atoms with van der Waals surface area (Å²) in [5.41, 5.74) is 6.48. The molecule has 0 aliphatic carbocycles. The van der Waals surface area contributed by atoms with E-state index >= 15 is 0 Å². The minimum absolute atomic E-state index is 0.204.